The molecule has 0 aromatic carbocycles. The molecule has 0 saturated heterocycles. The van der Waals surface area contributed by atoms with Crippen LogP contribution in [-0.4, -0.2) is 28.9 Å². The fraction of sp³-hybridized carbons (Fsp3) is 0.600. The summed E-state index contributed by atoms with van der Waals surface area (Å²) in [5.74, 6) is 3.45. The number of urea groups is 1. The van der Waals surface area contributed by atoms with Crippen LogP contribution in [0.3, 0.4) is 0 Å². The lowest BCUT2D eigenvalue weighted by Gasteiger charge is -2.26. The van der Waals surface area contributed by atoms with Gasteiger partial charge >= 0.3 is 6.03 Å². The van der Waals surface area contributed by atoms with Gasteiger partial charge in [0.25, 0.3) is 0 Å². The minimum Gasteiger partial charge on any atom is -0.385 e. The molecule has 4 nitrogen and oxygen atoms in total. The van der Waals surface area contributed by atoms with Crippen molar-refractivity contribution in [3.63, 3.8) is 0 Å². The first-order chi connectivity index (χ1) is 6.65. The monoisotopic (exact) mass is 191 g/mol. The molecule has 0 aromatic heterocycles. The molecule has 2 amide bonds. The molecule has 1 aliphatic heterocycles. The number of carbonyl (C=O) groups excluding carboxylic acids is 1. The summed E-state index contributed by atoms with van der Waals surface area (Å²) in [6, 6.07) is -0.559. The maximum Gasteiger partial charge on any atom is 0.346 e. The van der Waals surface area contributed by atoms with Gasteiger partial charge in [-0.05, 0) is 25.7 Å². The third-order valence-corrected chi connectivity index (χ3v) is 2.78. The zero-order valence-electron chi connectivity index (χ0n) is 8.10. The Hall–Kier alpha value is -1.50. The Balaban J connectivity index is 2.23. The summed E-state index contributed by atoms with van der Waals surface area (Å²) in [6.45, 7) is 1.82. The van der Waals surface area contributed by atoms with Gasteiger partial charge in [0.05, 0.1) is 12.1 Å². The third-order valence-electron chi connectivity index (χ3n) is 2.78. The van der Waals surface area contributed by atoms with Crippen LogP contribution in [0.25, 0.3) is 0 Å². The van der Waals surface area contributed by atoms with Crippen LogP contribution in [-0.2, 0) is 0 Å². The minimum atomic E-state index is -0.287. The van der Waals surface area contributed by atoms with E-state index in [1.54, 1.807) is 4.90 Å². The summed E-state index contributed by atoms with van der Waals surface area (Å²) in [7, 11) is 0. The molecule has 4 heteroatoms. The van der Waals surface area contributed by atoms with Crippen molar-refractivity contribution in [2.24, 2.45) is 16.6 Å². The van der Waals surface area contributed by atoms with Crippen molar-refractivity contribution in [1.82, 2.24) is 4.90 Å². The molecular weight excluding hydrogens is 178 g/mol. The number of hydrogen-bond donors (Lipinski definition) is 1. The van der Waals surface area contributed by atoms with E-state index in [2.05, 4.69) is 10.9 Å². The first-order valence-electron chi connectivity index (χ1n) is 4.77. The standard InChI is InChI=1S/C10H13N3O/c1-3-6(2)13-8(7-4-5-7)9(11)12-10(13)14/h1,6-8H,4-5H2,2H3,(H2,11,12,14). The molecule has 1 saturated carbocycles. The zero-order valence-corrected chi connectivity index (χ0v) is 8.10. The highest BCUT2D eigenvalue weighted by molar-refractivity contribution is 6.03. The predicted molar refractivity (Wildman–Crippen MR) is 53.7 cm³/mol. The van der Waals surface area contributed by atoms with Gasteiger partial charge < -0.3 is 5.73 Å². The maximum atomic E-state index is 11.5. The largest absolute Gasteiger partial charge is 0.385 e. The van der Waals surface area contributed by atoms with E-state index < -0.39 is 0 Å². The summed E-state index contributed by atoms with van der Waals surface area (Å²) < 4.78 is 0. The van der Waals surface area contributed by atoms with E-state index >= 15 is 0 Å². The average Bonchev–Trinajstić information content (AvgIpc) is 2.91. The molecule has 0 bridgehead atoms. The molecule has 14 heavy (non-hydrogen) atoms. The topological polar surface area (TPSA) is 58.7 Å². The van der Waals surface area contributed by atoms with E-state index in [-0.39, 0.29) is 18.1 Å². The van der Waals surface area contributed by atoms with E-state index in [0.29, 0.717) is 11.8 Å². The number of rotatable bonds is 2. The van der Waals surface area contributed by atoms with Crippen LogP contribution in [0.5, 0.6) is 0 Å². The molecular formula is C10H13N3O. The smallest absolute Gasteiger partial charge is 0.346 e. The lowest BCUT2D eigenvalue weighted by Crippen LogP contribution is -2.46. The summed E-state index contributed by atoms with van der Waals surface area (Å²) in [5, 5.41) is 0. The fourth-order valence-corrected chi connectivity index (χ4v) is 1.86. The summed E-state index contributed by atoms with van der Waals surface area (Å²) in [5.41, 5.74) is 5.71. The number of amides is 2. The number of terminal acetylenes is 1. The molecule has 2 rings (SSSR count). The first kappa shape index (κ1) is 9.07. The second kappa shape index (κ2) is 3.02. The molecule has 0 radical (unpaired) electrons. The van der Waals surface area contributed by atoms with E-state index in [1.807, 2.05) is 6.92 Å². The van der Waals surface area contributed by atoms with Crippen molar-refractivity contribution in [2.45, 2.75) is 31.8 Å². The van der Waals surface area contributed by atoms with Crippen molar-refractivity contribution in [3.05, 3.63) is 0 Å². The Kier molecular flexibility index (Phi) is 1.95. The van der Waals surface area contributed by atoms with Crippen LogP contribution in [0.2, 0.25) is 0 Å². The second-order valence-corrected chi connectivity index (χ2v) is 3.85. The van der Waals surface area contributed by atoms with Crippen molar-refractivity contribution in [2.75, 3.05) is 0 Å². The highest BCUT2D eigenvalue weighted by Gasteiger charge is 2.45. The van der Waals surface area contributed by atoms with Gasteiger partial charge in [-0.2, -0.15) is 4.99 Å². The summed E-state index contributed by atoms with van der Waals surface area (Å²) >= 11 is 0. The highest BCUT2D eigenvalue weighted by atomic mass is 16.2. The quantitative estimate of drug-likeness (QED) is 0.649. The fourth-order valence-electron chi connectivity index (χ4n) is 1.86. The van der Waals surface area contributed by atoms with Gasteiger partial charge in [-0.3, -0.25) is 4.90 Å². The van der Waals surface area contributed by atoms with E-state index in [9.17, 15) is 4.79 Å². The number of amidine groups is 1. The molecule has 1 fully saturated rings. The SMILES string of the molecule is C#CC(C)N1C(=O)N=C(N)C1C1CC1. The zero-order chi connectivity index (χ0) is 10.3. The molecule has 2 N–H and O–H groups in total. The van der Waals surface area contributed by atoms with E-state index in [0.717, 1.165) is 12.8 Å². The molecule has 1 heterocycles. The molecule has 2 unspecified atom stereocenters. The van der Waals surface area contributed by atoms with Crippen LogP contribution in [0, 0.1) is 18.3 Å². The average molecular weight is 191 g/mol. The molecule has 0 aromatic rings. The summed E-state index contributed by atoms with van der Waals surface area (Å²) in [6.07, 6.45) is 7.53. The lowest BCUT2D eigenvalue weighted by atomic mass is 10.1. The lowest BCUT2D eigenvalue weighted by molar-refractivity contribution is 0.193. The van der Waals surface area contributed by atoms with Crippen LogP contribution in [0.1, 0.15) is 19.8 Å². The molecule has 1 aliphatic carbocycles. The normalized spacial score (nSPS) is 28.6. The Labute approximate surface area is 83.2 Å². The van der Waals surface area contributed by atoms with Gasteiger partial charge in [-0.1, -0.05) is 5.92 Å². The molecule has 74 valence electrons. The third kappa shape index (κ3) is 1.25. The van der Waals surface area contributed by atoms with Gasteiger partial charge in [0.2, 0.25) is 0 Å². The number of carbonyl (C=O) groups is 1. The first-order valence-corrected chi connectivity index (χ1v) is 4.77. The molecule has 0 spiro atoms. The van der Waals surface area contributed by atoms with Crippen LogP contribution in [0.15, 0.2) is 4.99 Å². The van der Waals surface area contributed by atoms with Crippen LogP contribution in [0.4, 0.5) is 4.79 Å². The van der Waals surface area contributed by atoms with Gasteiger partial charge in [-0.15, -0.1) is 6.42 Å². The second-order valence-electron chi connectivity index (χ2n) is 3.85. The Morgan fingerprint density at radius 1 is 1.71 bits per heavy atom. The van der Waals surface area contributed by atoms with Crippen molar-refractivity contribution >= 4 is 11.9 Å². The van der Waals surface area contributed by atoms with E-state index in [1.165, 1.54) is 0 Å². The summed E-state index contributed by atoms with van der Waals surface area (Å²) in [4.78, 5) is 16.9. The maximum absolute atomic E-state index is 11.5. The van der Waals surface area contributed by atoms with Crippen LogP contribution >= 0.6 is 0 Å². The predicted octanol–water partition coefficient (Wildman–Crippen LogP) is 0.580. The Morgan fingerprint density at radius 2 is 2.36 bits per heavy atom. The number of nitrogens with two attached hydrogens (primary N) is 1. The van der Waals surface area contributed by atoms with Crippen LogP contribution < -0.4 is 5.73 Å². The number of hydrogen-bond acceptors (Lipinski definition) is 2. The van der Waals surface area contributed by atoms with Crippen molar-refractivity contribution < 1.29 is 4.79 Å². The Bertz CT molecular complexity index is 338. The van der Waals surface area contributed by atoms with Gasteiger partial charge in [-0.25, -0.2) is 4.79 Å². The van der Waals surface area contributed by atoms with Gasteiger partial charge in [0.1, 0.15) is 5.84 Å². The van der Waals surface area contributed by atoms with E-state index in [4.69, 9.17) is 12.2 Å². The molecule has 2 atom stereocenters. The minimum absolute atomic E-state index is 0.0476. The number of nitrogens with zero attached hydrogens (tertiary/aromatic N) is 2. The molecule has 2 aliphatic rings. The highest BCUT2D eigenvalue weighted by Crippen LogP contribution is 2.38. The number of aliphatic imine (C=N–C) groups is 1. The van der Waals surface area contributed by atoms with Crippen molar-refractivity contribution in [1.29, 1.82) is 0 Å². The van der Waals surface area contributed by atoms with Gasteiger partial charge in [0.15, 0.2) is 0 Å². The van der Waals surface area contributed by atoms with Crippen molar-refractivity contribution in [3.8, 4) is 12.3 Å². The van der Waals surface area contributed by atoms with Gasteiger partial charge in [0, 0.05) is 0 Å². The Morgan fingerprint density at radius 3 is 2.86 bits per heavy atom.